The minimum Gasteiger partial charge on any atom is -0.756 e. The minimum atomic E-state index is -5.20. The van der Waals surface area contributed by atoms with Gasteiger partial charge in [-0.2, -0.15) is 0 Å². The van der Waals surface area contributed by atoms with Crippen molar-refractivity contribution in [1.82, 2.24) is 0 Å². The number of rotatable bonds is 59. The van der Waals surface area contributed by atoms with Crippen LogP contribution >= 0.6 is 15.6 Å². The minimum absolute atomic E-state index is 0. The number of phenolic OH excluding ortho intramolecular Hbond substituents is 1. The number of phosphoric ester groups is 2. The molecule has 1 rings (SSSR count). The average Bonchev–Trinajstić information content (AvgIpc) is 3.62. The third kappa shape index (κ3) is 63.7. The molecule has 4 unspecified atom stereocenters. The van der Waals surface area contributed by atoms with Crippen molar-refractivity contribution in [1.29, 1.82) is 0 Å². The molecule has 0 saturated carbocycles. The number of carbonyl (C=O) groups is 5. The second-order valence-electron chi connectivity index (χ2n) is 22.7. The van der Waals surface area contributed by atoms with Gasteiger partial charge in [0, 0.05) is 32.6 Å². The molecule has 0 bridgehead atoms. The van der Waals surface area contributed by atoms with Crippen molar-refractivity contribution >= 4 is 45.5 Å². The van der Waals surface area contributed by atoms with Gasteiger partial charge in [0.25, 0.3) is 15.6 Å². The van der Waals surface area contributed by atoms with Crippen LogP contribution in [-0.2, 0) is 70.1 Å². The van der Waals surface area contributed by atoms with Crippen LogP contribution in [0.5, 0.6) is 11.5 Å². The van der Waals surface area contributed by atoms with E-state index in [2.05, 4.69) is 27.7 Å². The van der Waals surface area contributed by atoms with Crippen LogP contribution < -0.4 is 73.6 Å². The fourth-order valence-corrected chi connectivity index (χ4v) is 10.6. The van der Waals surface area contributed by atoms with E-state index in [9.17, 15) is 48.0 Å². The Bertz CT molecular complexity index is 1850. The van der Waals surface area contributed by atoms with Gasteiger partial charge in [0.1, 0.15) is 30.8 Å². The number of phosphoric acid groups is 2. The van der Waals surface area contributed by atoms with Crippen LogP contribution in [-0.4, -0.2) is 98.0 Å². The standard InChI is InChI=1S/C57H110O17P2.C8H8O3.2Na/c1-5-9-13-17-21-25-29-33-37-41-54(59)67-47-52(73-56(61)43-39-35-31-27-23-19-15-11-7-3)49-71-75(63,64)69-45-51(58)46-70-76(65,66)72-50-53(74-57(62)44-40-36-32-28-24-20-16-12-8-4)48-68-55(60)42-38-34-30-26-22-18-14-10-6-2;1-6(9)11-8-4-2-7(10)3-5-8;;/h51-53,58H,5-50H2,1-4H3,(H,63,64)(H,65,66);2-5,10H,1H3;;/q;;2*+1/p-2. The Labute approximate surface area is 580 Å². The molecule has 0 heterocycles. The molecular weight excluding hydrogens is 1210 g/mol. The Morgan fingerprint density at radius 2 is 0.640 bits per heavy atom. The number of aliphatic hydroxyl groups is 1. The molecule has 0 saturated heterocycles. The number of aliphatic hydroxyl groups excluding tert-OH is 1. The summed E-state index contributed by atoms with van der Waals surface area (Å²) in [7, 11) is -10.4. The summed E-state index contributed by atoms with van der Waals surface area (Å²) in [6, 6.07) is 5.96. The number of benzene rings is 1. The summed E-state index contributed by atoms with van der Waals surface area (Å²) in [5.41, 5.74) is 0. The number of esters is 5. The summed E-state index contributed by atoms with van der Waals surface area (Å²) >= 11 is 0. The molecule has 1 aromatic carbocycles. The zero-order chi connectivity index (χ0) is 64.5. The monoisotopic (exact) mass is 1320 g/mol. The Hall–Kier alpha value is -1.45. The van der Waals surface area contributed by atoms with Crippen molar-refractivity contribution in [2.45, 2.75) is 310 Å². The molecule has 0 radical (unpaired) electrons. The zero-order valence-corrected chi connectivity index (χ0v) is 62.0. The van der Waals surface area contributed by atoms with Crippen LogP contribution in [0.2, 0.25) is 0 Å². The van der Waals surface area contributed by atoms with E-state index in [-0.39, 0.29) is 96.5 Å². The molecular formula is C65H116Na2O20P2. The van der Waals surface area contributed by atoms with Crippen molar-refractivity contribution in [3.63, 3.8) is 0 Å². The van der Waals surface area contributed by atoms with Gasteiger partial charge in [0.2, 0.25) is 0 Å². The molecule has 89 heavy (non-hydrogen) atoms. The molecule has 0 aliphatic heterocycles. The summed E-state index contributed by atoms with van der Waals surface area (Å²) in [6.45, 7) is 5.69. The van der Waals surface area contributed by atoms with Gasteiger partial charge in [-0.25, -0.2) is 0 Å². The number of unbranched alkanes of at least 4 members (excludes halogenated alkanes) is 32. The average molecular weight is 1330 g/mol. The first kappa shape index (κ1) is 91.7. The van der Waals surface area contributed by atoms with E-state index in [0.29, 0.717) is 31.4 Å². The molecule has 0 aromatic heterocycles. The van der Waals surface area contributed by atoms with Gasteiger partial charge in [0.15, 0.2) is 12.2 Å². The fourth-order valence-electron chi connectivity index (χ4n) is 9.06. The quantitative estimate of drug-likeness (QED) is 0.0153. The van der Waals surface area contributed by atoms with E-state index in [0.717, 1.165) is 103 Å². The maximum Gasteiger partial charge on any atom is 1.00 e. The van der Waals surface area contributed by atoms with E-state index in [1.165, 1.54) is 134 Å². The van der Waals surface area contributed by atoms with Crippen LogP contribution in [0.4, 0.5) is 0 Å². The first-order valence-electron chi connectivity index (χ1n) is 33.4. The first-order valence-corrected chi connectivity index (χ1v) is 36.3. The maximum absolute atomic E-state index is 12.8. The van der Waals surface area contributed by atoms with Crippen LogP contribution in [0.25, 0.3) is 0 Å². The van der Waals surface area contributed by atoms with Crippen molar-refractivity contribution in [2.24, 2.45) is 0 Å². The van der Waals surface area contributed by atoms with Crippen molar-refractivity contribution < 1.29 is 154 Å². The van der Waals surface area contributed by atoms with E-state index < -0.39 is 97.5 Å². The second kappa shape index (κ2) is 63.9. The van der Waals surface area contributed by atoms with E-state index in [1.54, 1.807) is 0 Å². The summed E-state index contributed by atoms with van der Waals surface area (Å²) in [5, 5.41) is 19.3. The van der Waals surface area contributed by atoms with Crippen LogP contribution in [0.3, 0.4) is 0 Å². The largest absolute Gasteiger partial charge is 1.00 e. The molecule has 0 amide bonds. The predicted molar refractivity (Wildman–Crippen MR) is 333 cm³/mol. The number of hydrogen-bond donors (Lipinski definition) is 2. The molecule has 24 heteroatoms. The smallest absolute Gasteiger partial charge is 0.756 e. The van der Waals surface area contributed by atoms with Crippen LogP contribution in [0.15, 0.2) is 24.3 Å². The Balaban J connectivity index is -0.00000508. The second-order valence-corrected chi connectivity index (χ2v) is 25.5. The number of phenols is 1. The van der Waals surface area contributed by atoms with Gasteiger partial charge < -0.3 is 61.8 Å². The molecule has 0 aliphatic carbocycles. The van der Waals surface area contributed by atoms with Crippen LogP contribution in [0, 0.1) is 0 Å². The molecule has 508 valence electrons. The van der Waals surface area contributed by atoms with Crippen LogP contribution in [0.1, 0.15) is 291 Å². The van der Waals surface area contributed by atoms with Crippen molar-refractivity contribution in [2.75, 3.05) is 39.6 Å². The van der Waals surface area contributed by atoms with Gasteiger partial charge in [0.05, 0.1) is 26.4 Å². The molecule has 0 spiro atoms. The van der Waals surface area contributed by atoms with Gasteiger partial charge in [-0.3, -0.25) is 33.1 Å². The van der Waals surface area contributed by atoms with E-state index in [1.807, 2.05) is 0 Å². The van der Waals surface area contributed by atoms with Crippen molar-refractivity contribution in [3.05, 3.63) is 24.3 Å². The summed E-state index contributed by atoms with van der Waals surface area (Å²) < 4.78 is 71.4. The van der Waals surface area contributed by atoms with E-state index >= 15 is 0 Å². The zero-order valence-electron chi connectivity index (χ0n) is 56.2. The van der Waals surface area contributed by atoms with Gasteiger partial charge in [-0.1, -0.05) is 233 Å². The third-order valence-electron chi connectivity index (χ3n) is 14.2. The normalized spacial score (nSPS) is 13.4. The van der Waals surface area contributed by atoms with Gasteiger partial charge >= 0.3 is 89.0 Å². The predicted octanol–water partition coefficient (Wildman–Crippen LogP) is 9.27. The third-order valence-corrected chi connectivity index (χ3v) is 16.0. The Kier molecular flexibility index (Phi) is 65.9. The summed E-state index contributed by atoms with van der Waals surface area (Å²) in [5.74, 6) is -2.01. The SMILES string of the molecule is CC(=O)Oc1ccc(O)cc1.CCCCCCCCCCCC(=O)OCC(COP(=O)([O-])OCC(O)COP(=O)([O-])OCC(COC(=O)CCCCCCCCCCC)OC(=O)CCCCCCCCCCC)OC(=O)CCCCCCCCCCC.[Na+].[Na+]. The first-order chi connectivity index (χ1) is 41.8. The number of carbonyl (C=O) groups excluding carboxylic acids is 5. The molecule has 20 nitrogen and oxygen atoms in total. The van der Waals surface area contributed by atoms with Crippen molar-refractivity contribution in [3.8, 4) is 11.5 Å². The number of ether oxygens (including phenoxy) is 5. The molecule has 1 aromatic rings. The number of aromatic hydroxyl groups is 1. The Morgan fingerprint density at radius 1 is 0.393 bits per heavy atom. The van der Waals surface area contributed by atoms with Gasteiger partial charge in [-0.05, 0) is 49.9 Å². The Morgan fingerprint density at radius 3 is 0.910 bits per heavy atom. The summed E-state index contributed by atoms with van der Waals surface area (Å²) in [4.78, 5) is 86.6. The number of hydrogen-bond acceptors (Lipinski definition) is 20. The maximum atomic E-state index is 12.8. The molecule has 4 atom stereocenters. The van der Waals surface area contributed by atoms with Gasteiger partial charge in [-0.15, -0.1) is 0 Å². The van der Waals surface area contributed by atoms with E-state index in [4.69, 9.17) is 46.9 Å². The fraction of sp³-hybridized carbons (Fsp3) is 0.831. The summed E-state index contributed by atoms with van der Waals surface area (Å²) in [6.07, 6.45) is 34.2. The molecule has 0 fully saturated rings. The molecule has 0 aliphatic rings. The molecule has 2 N–H and O–H groups in total. The topological polar surface area (TPSA) is 289 Å².